The van der Waals surface area contributed by atoms with E-state index in [0.717, 1.165) is 69.2 Å². The molecular formula is C29H33N5O3S. The predicted molar refractivity (Wildman–Crippen MR) is 150 cm³/mol. The molecule has 1 amide bonds. The van der Waals surface area contributed by atoms with Crippen LogP contribution in [0, 0.1) is 6.92 Å². The highest BCUT2D eigenvalue weighted by Crippen LogP contribution is 2.36. The van der Waals surface area contributed by atoms with Crippen LogP contribution in [-0.4, -0.2) is 67.2 Å². The molecule has 3 heterocycles. The van der Waals surface area contributed by atoms with E-state index in [9.17, 15) is 13.2 Å². The summed E-state index contributed by atoms with van der Waals surface area (Å²) in [5, 5.41) is 1.08. The number of carbonyl (C=O) groups excluding carboxylic acids is 1. The molecule has 0 bridgehead atoms. The molecule has 8 nitrogen and oxygen atoms in total. The summed E-state index contributed by atoms with van der Waals surface area (Å²) in [6, 6.07) is 17.3. The predicted octanol–water partition coefficient (Wildman–Crippen LogP) is 4.42. The maximum absolute atomic E-state index is 13.6. The van der Waals surface area contributed by atoms with Crippen LogP contribution in [0.3, 0.4) is 0 Å². The molecule has 198 valence electrons. The number of sulfonamides is 1. The van der Waals surface area contributed by atoms with Gasteiger partial charge in [0.05, 0.1) is 11.4 Å². The third kappa shape index (κ3) is 5.30. The second kappa shape index (κ2) is 10.6. The Morgan fingerprint density at radius 3 is 2.47 bits per heavy atom. The van der Waals surface area contributed by atoms with Gasteiger partial charge in [-0.3, -0.25) is 9.78 Å². The summed E-state index contributed by atoms with van der Waals surface area (Å²) in [5.41, 5.74) is 5.83. The normalized spacial score (nSPS) is 13.9. The number of amides is 1. The summed E-state index contributed by atoms with van der Waals surface area (Å²) in [7, 11) is -0.782. The lowest BCUT2D eigenvalue weighted by atomic mass is 10.1. The number of fused-ring (bicyclic) bond motifs is 1. The van der Waals surface area contributed by atoms with Crippen molar-refractivity contribution in [3.8, 4) is 11.3 Å². The van der Waals surface area contributed by atoms with E-state index in [-0.39, 0.29) is 17.3 Å². The Hall–Kier alpha value is -3.69. The lowest BCUT2D eigenvalue weighted by molar-refractivity contribution is -0.130. The van der Waals surface area contributed by atoms with Crippen LogP contribution in [0.2, 0.25) is 0 Å². The molecule has 2 aromatic carbocycles. The fourth-order valence-corrected chi connectivity index (χ4v) is 6.08. The van der Waals surface area contributed by atoms with Crippen LogP contribution >= 0.6 is 0 Å². The van der Waals surface area contributed by atoms with Crippen LogP contribution in [0.25, 0.3) is 22.2 Å². The molecule has 5 rings (SSSR count). The van der Waals surface area contributed by atoms with Crippen LogP contribution in [0.5, 0.6) is 0 Å². The molecular weight excluding hydrogens is 498 g/mol. The van der Waals surface area contributed by atoms with Crippen LogP contribution < -0.4 is 4.90 Å². The third-order valence-electron chi connectivity index (χ3n) is 7.14. The van der Waals surface area contributed by atoms with E-state index < -0.39 is 10.0 Å². The molecule has 9 heteroatoms. The smallest absolute Gasteiger partial charge is 0.243 e. The minimum Gasteiger partial charge on any atom is -0.371 e. The molecule has 38 heavy (non-hydrogen) atoms. The highest BCUT2D eigenvalue weighted by molar-refractivity contribution is 7.89. The quantitative estimate of drug-likeness (QED) is 0.364. The number of hydrogen-bond donors (Lipinski definition) is 1. The zero-order chi connectivity index (χ0) is 26.9. The number of rotatable bonds is 8. The van der Waals surface area contributed by atoms with Crippen LogP contribution in [-0.2, 0) is 21.4 Å². The first-order valence-electron chi connectivity index (χ1n) is 12.8. The molecule has 0 aliphatic carbocycles. The Labute approximate surface area is 224 Å². The van der Waals surface area contributed by atoms with Crippen molar-refractivity contribution in [2.24, 2.45) is 0 Å². The van der Waals surface area contributed by atoms with Crippen molar-refractivity contribution in [1.29, 1.82) is 0 Å². The van der Waals surface area contributed by atoms with Gasteiger partial charge in [0.15, 0.2) is 0 Å². The highest BCUT2D eigenvalue weighted by Gasteiger charge is 2.27. The first kappa shape index (κ1) is 25.9. The molecule has 1 saturated heterocycles. The van der Waals surface area contributed by atoms with Crippen molar-refractivity contribution < 1.29 is 13.2 Å². The average molecular weight is 532 g/mol. The SMILES string of the molecule is Cc1ccc2cc(-c3cc(S(=O)(=O)N(C)CC(=O)N(C)Cc4ccncc4)ccc3N3CCCC3)[nH]c2c1. The molecule has 0 saturated carbocycles. The van der Waals surface area contributed by atoms with E-state index in [1.54, 1.807) is 31.6 Å². The average Bonchev–Trinajstić information content (AvgIpc) is 3.59. The van der Waals surface area contributed by atoms with Gasteiger partial charge in [0, 0.05) is 74.0 Å². The number of benzene rings is 2. The standard InChI is InChI=1S/C29H33N5O3S/c1-21-6-7-23-17-27(31-26(23)16-21)25-18-24(8-9-28(25)34-14-4-5-15-34)38(36,37)33(3)20-29(35)32(2)19-22-10-12-30-13-11-22/h6-13,16-18,31H,4-5,14-15,19-20H2,1-3H3. The molecule has 1 aliphatic heterocycles. The van der Waals surface area contributed by atoms with Gasteiger partial charge in [-0.25, -0.2) is 8.42 Å². The maximum Gasteiger partial charge on any atom is 0.243 e. The Morgan fingerprint density at radius 1 is 1.00 bits per heavy atom. The Balaban J connectivity index is 1.44. The number of carbonyl (C=O) groups is 1. The first-order chi connectivity index (χ1) is 18.2. The lowest BCUT2D eigenvalue weighted by Crippen LogP contribution is -2.39. The summed E-state index contributed by atoms with van der Waals surface area (Å²) in [6.07, 6.45) is 5.57. The van der Waals surface area contributed by atoms with Gasteiger partial charge in [-0.1, -0.05) is 12.1 Å². The van der Waals surface area contributed by atoms with Crippen molar-refractivity contribution >= 4 is 32.5 Å². The Bertz CT molecular complexity index is 1560. The molecule has 0 spiro atoms. The number of pyridine rings is 1. The minimum absolute atomic E-state index is 0.164. The Morgan fingerprint density at radius 2 is 1.74 bits per heavy atom. The third-order valence-corrected chi connectivity index (χ3v) is 8.94. The number of nitrogens with one attached hydrogen (secondary N) is 1. The molecule has 4 aromatic rings. The zero-order valence-corrected chi connectivity index (χ0v) is 22.8. The number of aromatic nitrogens is 2. The van der Waals surface area contributed by atoms with Crippen molar-refractivity contribution in [3.05, 3.63) is 78.1 Å². The topological polar surface area (TPSA) is 89.6 Å². The summed E-state index contributed by atoms with van der Waals surface area (Å²) in [4.78, 5) is 24.4. The molecule has 0 atom stereocenters. The summed E-state index contributed by atoms with van der Waals surface area (Å²) < 4.78 is 28.3. The summed E-state index contributed by atoms with van der Waals surface area (Å²) >= 11 is 0. The van der Waals surface area contributed by atoms with E-state index in [1.165, 1.54) is 11.9 Å². The number of likely N-dealkylation sites (N-methyl/N-ethyl adjacent to an activating group) is 2. The molecule has 0 radical (unpaired) electrons. The fourth-order valence-electron chi connectivity index (χ4n) is 4.94. The second-order valence-corrected chi connectivity index (χ2v) is 12.1. The van der Waals surface area contributed by atoms with Gasteiger partial charge in [0.1, 0.15) is 0 Å². The van der Waals surface area contributed by atoms with Crippen molar-refractivity contribution in [2.45, 2.75) is 31.2 Å². The van der Waals surface area contributed by atoms with Crippen molar-refractivity contribution in [3.63, 3.8) is 0 Å². The maximum atomic E-state index is 13.6. The van der Waals surface area contributed by atoms with Gasteiger partial charge in [-0.05, 0) is 73.4 Å². The van der Waals surface area contributed by atoms with Gasteiger partial charge < -0.3 is 14.8 Å². The van der Waals surface area contributed by atoms with Gasteiger partial charge in [-0.15, -0.1) is 0 Å². The first-order valence-corrected chi connectivity index (χ1v) is 14.2. The molecule has 2 aromatic heterocycles. The highest BCUT2D eigenvalue weighted by atomic mass is 32.2. The van der Waals surface area contributed by atoms with Gasteiger partial charge in [0.2, 0.25) is 15.9 Å². The fraction of sp³-hybridized carbons (Fsp3) is 0.310. The minimum atomic E-state index is -3.90. The Kier molecular flexibility index (Phi) is 7.23. The lowest BCUT2D eigenvalue weighted by Gasteiger charge is -2.24. The molecule has 0 unspecified atom stereocenters. The molecule has 1 aliphatic rings. The monoisotopic (exact) mass is 531 g/mol. The van der Waals surface area contributed by atoms with Gasteiger partial charge >= 0.3 is 0 Å². The van der Waals surface area contributed by atoms with Crippen LogP contribution in [0.15, 0.2) is 71.9 Å². The van der Waals surface area contributed by atoms with Gasteiger partial charge in [-0.2, -0.15) is 4.31 Å². The summed E-state index contributed by atoms with van der Waals surface area (Å²) in [5.74, 6) is -0.284. The van der Waals surface area contributed by atoms with Crippen LogP contribution in [0.4, 0.5) is 5.69 Å². The second-order valence-electron chi connectivity index (χ2n) is 10.0. The van der Waals surface area contributed by atoms with Crippen molar-refractivity contribution in [1.82, 2.24) is 19.2 Å². The number of H-pyrrole nitrogens is 1. The zero-order valence-electron chi connectivity index (χ0n) is 22.0. The van der Waals surface area contributed by atoms with Crippen molar-refractivity contribution in [2.75, 3.05) is 38.6 Å². The van der Waals surface area contributed by atoms with E-state index in [2.05, 4.69) is 46.1 Å². The van der Waals surface area contributed by atoms with E-state index in [0.29, 0.717) is 6.54 Å². The largest absolute Gasteiger partial charge is 0.371 e. The number of hydrogen-bond acceptors (Lipinski definition) is 5. The number of anilines is 1. The van der Waals surface area contributed by atoms with E-state index in [4.69, 9.17) is 0 Å². The molecule has 1 fully saturated rings. The number of nitrogens with zero attached hydrogens (tertiary/aromatic N) is 4. The molecule has 1 N–H and O–H groups in total. The summed E-state index contributed by atoms with van der Waals surface area (Å²) in [6.45, 7) is 4.06. The van der Waals surface area contributed by atoms with Gasteiger partial charge in [0.25, 0.3) is 0 Å². The van der Waals surface area contributed by atoms with E-state index >= 15 is 0 Å². The van der Waals surface area contributed by atoms with E-state index in [1.807, 2.05) is 18.2 Å². The number of aryl methyl sites for hydroxylation is 1. The number of aromatic amines is 1. The van der Waals surface area contributed by atoms with Crippen LogP contribution in [0.1, 0.15) is 24.0 Å².